The van der Waals surface area contributed by atoms with Gasteiger partial charge in [0.1, 0.15) is 11.3 Å². The number of amides is 1. The lowest BCUT2D eigenvalue weighted by Gasteiger charge is -2.09. The van der Waals surface area contributed by atoms with Gasteiger partial charge in [0.25, 0.3) is 0 Å². The minimum atomic E-state index is -0.568. The second kappa shape index (κ2) is 6.99. The molecular formula is C18H10Cl2N5O3. The zero-order valence-corrected chi connectivity index (χ0v) is 15.4. The van der Waals surface area contributed by atoms with E-state index in [1.54, 1.807) is 30.3 Å². The number of anilines is 1. The molecule has 139 valence electrons. The maximum Gasteiger partial charge on any atom is 0.332 e. The molecule has 4 aromatic rings. The van der Waals surface area contributed by atoms with Crippen molar-refractivity contribution in [2.45, 2.75) is 0 Å². The number of imidazole rings is 1. The van der Waals surface area contributed by atoms with E-state index in [-0.39, 0.29) is 44.3 Å². The molecule has 3 N–H and O–H groups in total. The van der Waals surface area contributed by atoms with Gasteiger partial charge < -0.3 is 15.4 Å². The van der Waals surface area contributed by atoms with Gasteiger partial charge in [-0.2, -0.15) is 0 Å². The number of phenolic OH excluding ortho intramolecular Hbond substituents is 1. The average Bonchev–Trinajstić information content (AvgIpc) is 2.98. The summed E-state index contributed by atoms with van der Waals surface area (Å²) in [5, 5.41) is 12.5. The summed E-state index contributed by atoms with van der Waals surface area (Å²) in [5.74, 6) is 0.215. The molecule has 2 aromatic heterocycles. The molecule has 1 amide bonds. The van der Waals surface area contributed by atoms with Crippen LogP contribution in [0.4, 0.5) is 5.82 Å². The van der Waals surface area contributed by atoms with Crippen molar-refractivity contribution in [3.05, 3.63) is 63.0 Å². The number of nitrogens with zero attached hydrogens (tertiary/aromatic N) is 3. The Morgan fingerprint density at radius 3 is 2.50 bits per heavy atom. The number of rotatable bonds is 4. The molecule has 4 rings (SSSR count). The van der Waals surface area contributed by atoms with Crippen LogP contribution < -0.4 is 11.0 Å². The third-order valence-corrected chi connectivity index (χ3v) is 4.58. The summed E-state index contributed by atoms with van der Waals surface area (Å²) >= 11 is 12.5. The zero-order chi connectivity index (χ0) is 19.8. The molecule has 0 atom stereocenters. The van der Waals surface area contributed by atoms with E-state index in [2.05, 4.69) is 20.3 Å². The number of aromatic amines is 1. The Bertz CT molecular complexity index is 1260. The molecule has 2 aromatic carbocycles. The molecule has 0 aliphatic carbocycles. The summed E-state index contributed by atoms with van der Waals surface area (Å²) < 4.78 is 1.20. The van der Waals surface area contributed by atoms with Crippen LogP contribution >= 0.6 is 23.2 Å². The maximum absolute atomic E-state index is 12.7. The number of carbonyl (C=O) groups excluding carboxylic acids is 1. The summed E-state index contributed by atoms with van der Waals surface area (Å²) in [6.07, 6.45) is 1.53. The molecule has 10 heteroatoms. The number of phenols is 1. The van der Waals surface area contributed by atoms with Crippen LogP contribution in [-0.4, -0.2) is 31.0 Å². The molecule has 0 aliphatic heterocycles. The van der Waals surface area contributed by atoms with Gasteiger partial charge in [-0.25, -0.2) is 19.3 Å². The van der Waals surface area contributed by atoms with Crippen LogP contribution in [0.2, 0.25) is 10.0 Å². The number of nitrogens with one attached hydrogen (secondary N) is 2. The molecule has 28 heavy (non-hydrogen) atoms. The highest BCUT2D eigenvalue weighted by Crippen LogP contribution is 2.31. The first kappa shape index (κ1) is 18.0. The molecule has 0 aliphatic rings. The maximum atomic E-state index is 12.7. The van der Waals surface area contributed by atoms with Crippen molar-refractivity contribution in [2.75, 3.05) is 5.32 Å². The Hall–Kier alpha value is -3.36. The quantitative estimate of drug-likeness (QED) is 0.443. The van der Waals surface area contributed by atoms with E-state index >= 15 is 0 Å². The van der Waals surface area contributed by atoms with Crippen LogP contribution in [0.15, 0.2) is 47.3 Å². The fourth-order valence-corrected chi connectivity index (χ4v) is 3.37. The second-order valence-corrected chi connectivity index (χ2v) is 6.52. The molecule has 2 heterocycles. The van der Waals surface area contributed by atoms with Crippen molar-refractivity contribution in [1.82, 2.24) is 19.5 Å². The van der Waals surface area contributed by atoms with E-state index < -0.39 is 5.69 Å². The molecule has 0 saturated heterocycles. The minimum Gasteiger partial charge on any atom is -0.508 e. The van der Waals surface area contributed by atoms with E-state index in [1.807, 2.05) is 0 Å². The predicted molar refractivity (Wildman–Crippen MR) is 106 cm³/mol. The van der Waals surface area contributed by atoms with Crippen LogP contribution in [-0.2, 0) is 4.79 Å². The number of fused-ring (bicyclic) bond motifs is 1. The normalized spacial score (nSPS) is 10.9. The Morgan fingerprint density at radius 2 is 1.82 bits per heavy atom. The third kappa shape index (κ3) is 2.98. The van der Waals surface area contributed by atoms with E-state index in [1.165, 1.54) is 23.1 Å². The van der Waals surface area contributed by atoms with Gasteiger partial charge in [0.15, 0.2) is 17.3 Å². The van der Waals surface area contributed by atoms with Crippen molar-refractivity contribution in [3.63, 3.8) is 0 Å². The Balaban J connectivity index is 2.09. The van der Waals surface area contributed by atoms with Gasteiger partial charge in [-0.05, 0) is 24.3 Å². The molecule has 0 bridgehead atoms. The van der Waals surface area contributed by atoms with Gasteiger partial charge in [0.05, 0.1) is 15.7 Å². The van der Waals surface area contributed by atoms with Crippen molar-refractivity contribution < 1.29 is 9.90 Å². The van der Waals surface area contributed by atoms with Gasteiger partial charge >= 0.3 is 12.1 Å². The van der Waals surface area contributed by atoms with Crippen LogP contribution in [0.5, 0.6) is 5.75 Å². The standard InChI is InChI=1S/C18H10Cl2N5O3/c19-11-5-2-6-12(20)14(11)25-17-13(22-18(25)28)16(21-8-26)23-15(24-17)9-3-1-4-10(27)7-9/h1-7,27H,(H,22,28)(H,21,23,24,26). The van der Waals surface area contributed by atoms with E-state index in [0.29, 0.717) is 5.56 Å². The number of hydrogen-bond donors (Lipinski definition) is 3. The number of benzene rings is 2. The van der Waals surface area contributed by atoms with Gasteiger partial charge in [0.2, 0.25) is 0 Å². The molecule has 0 unspecified atom stereocenters. The number of aromatic nitrogens is 4. The first-order valence-electron chi connectivity index (χ1n) is 7.89. The van der Waals surface area contributed by atoms with Crippen molar-refractivity contribution in [3.8, 4) is 22.8 Å². The predicted octanol–water partition coefficient (Wildman–Crippen LogP) is 3.27. The summed E-state index contributed by atoms with van der Waals surface area (Å²) in [5.41, 5.74) is 0.464. The molecule has 0 spiro atoms. The van der Waals surface area contributed by atoms with Crippen LogP contribution in [0.1, 0.15) is 0 Å². The van der Waals surface area contributed by atoms with Gasteiger partial charge in [-0.15, -0.1) is 0 Å². The Kier molecular flexibility index (Phi) is 4.50. The summed E-state index contributed by atoms with van der Waals surface area (Å²) in [6.45, 7) is 0. The largest absolute Gasteiger partial charge is 0.508 e. The van der Waals surface area contributed by atoms with Crippen LogP contribution in [0.25, 0.3) is 28.2 Å². The average molecular weight is 415 g/mol. The third-order valence-electron chi connectivity index (χ3n) is 3.97. The lowest BCUT2D eigenvalue weighted by Crippen LogP contribution is -2.16. The van der Waals surface area contributed by atoms with Crippen molar-refractivity contribution in [1.29, 1.82) is 0 Å². The number of halogens is 2. The Labute approximate surface area is 167 Å². The summed E-state index contributed by atoms with van der Waals surface area (Å²) in [6, 6.07) is 11.1. The monoisotopic (exact) mass is 414 g/mol. The van der Waals surface area contributed by atoms with Crippen LogP contribution in [0.3, 0.4) is 0 Å². The topological polar surface area (TPSA) is 113 Å². The van der Waals surface area contributed by atoms with Gasteiger partial charge in [-0.1, -0.05) is 41.4 Å². The molecule has 1 radical (unpaired) electrons. The van der Waals surface area contributed by atoms with Gasteiger partial charge in [-0.3, -0.25) is 4.79 Å². The summed E-state index contributed by atoms with van der Waals surface area (Å²) in [4.78, 5) is 34.8. The smallest absolute Gasteiger partial charge is 0.332 e. The summed E-state index contributed by atoms with van der Waals surface area (Å²) in [7, 11) is 0. The van der Waals surface area contributed by atoms with E-state index in [9.17, 15) is 14.7 Å². The Morgan fingerprint density at radius 1 is 1.11 bits per heavy atom. The molecule has 0 fully saturated rings. The first-order valence-corrected chi connectivity index (χ1v) is 8.65. The van der Waals surface area contributed by atoms with Crippen molar-refractivity contribution in [2.24, 2.45) is 0 Å². The lowest BCUT2D eigenvalue weighted by atomic mass is 10.2. The number of H-pyrrole nitrogens is 1. The van der Waals surface area contributed by atoms with Crippen molar-refractivity contribution >= 4 is 46.6 Å². The van der Waals surface area contributed by atoms with E-state index in [4.69, 9.17) is 23.2 Å². The second-order valence-electron chi connectivity index (χ2n) is 5.71. The minimum absolute atomic E-state index is 0.0123. The molecule has 0 saturated carbocycles. The highest BCUT2D eigenvalue weighted by atomic mass is 35.5. The van der Waals surface area contributed by atoms with E-state index in [0.717, 1.165) is 0 Å². The van der Waals surface area contributed by atoms with Crippen LogP contribution in [0, 0.1) is 0 Å². The fraction of sp³-hybridized carbons (Fsp3) is 0. The lowest BCUT2D eigenvalue weighted by molar-refractivity contribution is 0.475. The zero-order valence-electron chi connectivity index (χ0n) is 13.9. The number of aromatic hydroxyl groups is 1. The first-order chi connectivity index (χ1) is 13.5. The number of hydrogen-bond acceptors (Lipinski definition) is 5. The molecule has 8 nitrogen and oxygen atoms in total. The molecular weight excluding hydrogens is 405 g/mol. The highest BCUT2D eigenvalue weighted by Gasteiger charge is 2.20. The number of para-hydroxylation sites is 1. The SMILES string of the molecule is O=[C]Nc1nc(-c2cccc(O)c2)nc2c1[nH]c(=O)n2-c1c(Cl)cccc1Cl. The highest BCUT2D eigenvalue weighted by molar-refractivity contribution is 6.37. The van der Waals surface area contributed by atoms with Gasteiger partial charge in [0, 0.05) is 5.56 Å². The fourth-order valence-electron chi connectivity index (χ4n) is 2.81.